The number of rotatable bonds is 4. The van der Waals surface area contributed by atoms with Crippen LogP contribution < -0.4 is 10.6 Å². The Balaban J connectivity index is 2.45. The van der Waals surface area contributed by atoms with Crippen molar-refractivity contribution in [2.75, 3.05) is 11.9 Å². The van der Waals surface area contributed by atoms with Crippen LogP contribution >= 0.6 is 11.3 Å². The summed E-state index contributed by atoms with van der Waals surface area (Å²) in [6.45, 7) is 5.78. The van der Waals surface area contributed by atoms with E-state index in [-0.39, 0.29) is 18.7 Å². The molecule has 3 N–H and O–H groups in total. The second-order valence-electron chi connectivity index (χ2n) is 3.67. The molecule has 0 bridgehead atoms. The van der Waals surface area contributed by atoms with Crippen LogP contribution in [-0.2, 0) is 0 Å². The Morgan fingerprint density at radius 2 is 2.25 bits per heavy atom. The normalized spacial score (nSPS) is 12.2. The summed E-state index contributed by atoms with van der Waals surface area (Å²) in [5, 5.41) is 14.7. The lowest BCUT2D eigenvalue weighted by Gasteiger charge is -2.11. The highest BCUT2D eigenvalue weighted by molar-refractivity contribution is 7.15. The van der Waals surface area contributed by atoms with Crippen LogP contribution in [0.25, 0.3) is 0 Å². The maximum absolute atomic E-state index is 11.5. The topological polar surface area (TPSA) is 74.2 Å². The van der Waals surface area contributed by atoms with Crippen LogP contribution in [-0.4, -0.2) is 28.8 Å². The molecule has 0 radical (unpaired) electrons. The predicted octanol–water partition coefficient (Wildman–Crippen LogP) is 1.65. The molecule has 0 fully saturated rings. The highest BCUT2D eigenvalue weighted by Gasteiger charge is 2.09. The minimum atomic E-state index is -0.283. The molecule has 5 nitrogen and oxygen atoms in total. The quantitative estimate of drug-likeness (QED) is 0.752. The molecular formula is C10H17N3O2S. The number of anilines is 1. The summed E-state index contributed by atoms with van der Waals surface area (Å²) in [6.07, 6.45) is 0.545. The van der Waals surface area contributed by atoms with E-state index in [1.54, 1.807) is 0 Å². The Hall–Kier alpha value is -1.14. The fourth-order valence-corrected chi connectivity index (χ4v) is 1.96. The highest BCUT2D eigenvalue weighted by Crippen LogP contribution is 2.20. The summed E-state index contributed by atoms with van der Waals surface area (Å²) in [5.41, 5.74) is 0.934. The number of thiazole rings is 1. The third-order valence-corrected chi connectivity index (χ3v) is 3.18. The van der Waals surface area contributed by atoms with Crippen molar-refractivity contribution < 1.29 is 9.90 Å². The fourth-order valence-electron chi connectivity index (χ4n) is 1.15. The molecule has 0 saturated heterocycles. The van der Waals surface area contributed by atoms with E-state index < -0.39 is 0 Å². The van der Waals surface area contributed by atoms with Crippen molar-refractivity contribution in [1.82, 2.24) is 10.3 Å². The first kappa shape index (κ1) is 12.9. The van der Waals surface area contributed by atoms with Crippen LogP contribution in [0.15, 0.2) is 0 Å². The van der Waals surface area contributed by atoms with Crippen molar-refractivity contribution in [2.45, 2.75) is 33.2 Å². The van der Waals surface area contributed by atoms with Crippen molar-refractivity contribution in [1.29, 1.82) is 0 Å². The van der Waals surface area contributed by atoms with Gasteiger partial charge in [-0.1, -0.05) is 0 Å². The van der Waals surface area contributed by atoms with Gasteiger partial charge in [-0.3, -0.25) is 5.32 Å². The Labute approximate surface area is 98.9 Å². The van der Waals surface area contributed by atoms with E-state index in [2.05, 4.69) is 15.6 Å². The molecule has 90 valence electrons. The number of nitrogens with zero attached hydrogens (tertiary/aromatic N) is 1. The van der Waals surface area contributed by atoms with Gasteiger partial charge in [0.15, 0.2) is 5.13 Å². The fraction of sp³-hybridized carbons (Fsp3) is 0.600. The lowest BCUT2D eigenvalue weighted by molar-refractivity contribution is 0.241. The summed E-state index contributed by atoms with van der Waals surface area (Å²) >= 11 is 1.45. The minimum Gasteiger partial charge on any atom is -0.396 e. The Kier molecular flexibility index (Phi) is 4.70. The Morgan fingerprint density at radius 3 is 2.75 bits per heavy atom. The molecule has 0 aromatic carbocycles. The first-order chi connectivity index (χ1) is 7.52. The van der Waals surface area contributed by atoms with Gasteiger partial charge in [-0.2, -0.15) is 0 Å². The van der Waals surface area contributed by atoms with E-state index in [0.29, 0.717) is 11.6 Å². The SMILES string of the molecule is Cc1nc(NC(=O)N[C@H](C)CCO)sc1C. The zero-order valence-electron chi connectivity index (χ0n) is 9.70. The van der Waals surface area contributed by atoms with Gasteiger partial charge in [0.1, 0.15) is 0 Å². The van der Waals surface area contributed by atoms with Gasteiger partial charge in [0.05, 0.1) is 5.69 Å². The third-order valence-electron chi connectivity index (χ3n) is 2.19. The second kappa shape index (κ2) is 5.81. The summed E-state index contributed by atoms with van der Waals surface area (Å²) in [5.74, 6) is 0. The number of hydrogen-bond acceptors (Lipinski definition) is 4. The number of carbonyl (C=O) groups excluding carboxylic acids is 1. The number of aryl methyl sites for hydroxylation is 2. The number of aliphatic hydroxyl groups excluding tert-OH is 1. The molecule has 0 saturated carbocycles. The Bertz CT molecular complexity index is 345. The van der Waals surface area contributed by atoms with Gasteiger partial charge in [0.25, 0.3) is 0 Å². The number of nitrogens with one attached hydrogen (secondary N) is 2. The van der Waals surface area contributed by atoms with E-state index in [4.69, 9.17) is 5.11 Å². The van der Waals surface area contributed by atoms with Gasteiger partial charge < -0.3 is 10.4 Å². The third kappa shape index (κ3) is 3.79. The number of aliphatic hydroxyl groups is 1. The average molecular weight is 243 g/mol. The largest absolute Gasteiger partial charge is 0.396 e. The van der Waals surface area contributed by atoms with Gasteiger partial charge in [0, 0.05) is 17.5 Å². The maximum Gasteiger partial charge on any atom is 0.321 e. The number of hydrogen-bond donors (Lipinski definition) is 3. The second-order valence-corrected chi connectivity index (χ2v) is 4.88. The van der Waals surface area contributed by atoms with Crippen LogP contribution in [0.5, 0.6) is 0 Å². The van der Waals surface area contributed by atoms with Crippen LogP contribution in [0.2, 0.25) is 0 Å². The molecule has 0 aliphatic carbocycles. The molecule has 0 aliphatic heterocycles. The van der Waals surface area contributed by atoms with Crippen LogP contribution in [0, 0.1) is 13.8 Å². The van der Waals surface area contributed by atoms with E-state index in [1.165, 1.54) is 11.3 Å². The number of carbonyl (C=O) groups is 1. The van der Waals surface area contributed by atoms with Crippen molar-refractivity contribution >= 4 is 22.5 Å². The molecule has 16 heavy (non-hydrogen) atoms. The van der Waals surface area contributed by atoms with Crippen molar-refractivity contribution in [3.8, 4) is 0 Å². The smallest absolute Gasteiger partial charge is 0.321 e. The maximum atomic E-state index is 11.5. The first-order valence-electron chi connectivity index (χ1n) is 5.15. The molecule has 0 aliphatic rings. The summed E-state index contributed by atoms with van der Waals surface area (Å²) in [4.78, 5) is 16.8. The van der Waals surface area contributed by atoms with Crippen molar-refractivity contribution in [3.05, 3.63) is 10.6 Å². The molecule has 1 aromatic rings. The molecule has 1 aromatic heterocycles. The van der Waals surface area contributed by atoms with E-state index in [0.717, 1.165) is 10.6 Å². The lowest BCUT2D eigenvalue weighted by atomic mass is 10.2. The van der Waals surface area contributed by atoms with Crippen molar-refractivity contribution in [3.63, 3.8) is 0 Å². The standard InChI is InChI=1S/C10H17N3O2S/c1-6(4-5-14)11-9(15)13-10-12-7(2)8(3)16-10/h6,14H,4-5H2,1-3H3,(H2,11,12,13,15)/t6-/m1/s1. The van der Waals surface area contributed by atoms with Crippen molar-refractivity contribution in [2.24, 2.45) is 0 Å². The number of aromatic nitrogens is 1. The van der Waals surface area contributed by atoms with Gasteiger partial charge >= 0.3 is 6.03 Å². The van der Waals surface area contributed by atoms with Gasteiger partial charge in [0.2, 0.25) is 0 Å². The number of amides is 2. The van der Waals surface area contributed by atoms with E-state index in [1.807, 2.05) is 20.8 Å². The van der Waals surface area contributed by atoms with Gasteiger partial charge in [-0.25, -0.2) is 9.78 Å². The average Bonchev–Trinajstić information content (AvgIpc) is 2.45. The molecular weight excluding hydrogens is 226 g/mol. The molecule has 1 atom stereocenters. The highest BCUT2D eigenvalue weighted by atomic mass is 32.1. The Morgan fingerprint density at radius 1 is 1.56 bits per heavy atom. The van der Waals surface area contributed by atoms with E-state index >= 15 is 0 Å². The summed E-state index contributed by atoms with van der Waals surface area (Å²) < 4.78 is 0. The van der Waals surface area contributed by atoms with Crippen LogP contribution in [0.3, 0.4) is 0 Å². The van der Waals surface area contributed by atoms with E-state index in [9.17, 15) is 4.79 Å². The zero-order valence-corrected chi connectivity index (χ0v) is 10.5. The van der Waals surface area contributed by atoms with Gasteiger partial charge in [-0.15, -0.1) is 11.3 Å². The minimum absolute atomic E-state index is 0.0489. The molecule has 2 amide bonds. The van der Waals surface area contributed by atoms with Crippen LogP contribution in [0.4, 0.5) is 9.93 Å². The molecule has 6 heteroatoms. The number of urea groups is 1. The first-order valence-corrected chi connectivity index (χ1v) is 5.97. The predicted molar refractivity (Wildman–Crippen MR) is 64.9 cm³/mol. The molecule has 0 unspecified atom stereocenters. The molecule has 0 spiro atoms. The summed E-state index contributed by atoms with van der Waals surface area (Å²) in [6, 6.07) is -0.332. The summed E-state index contributed by atoms with van der Waals surface area (Å²) in [7, 11) is 0. The monoisotopic (exact) mass is 243 g/mol. The molecule has 1 heterocycles. The molecule has 1 rings (SSSR count). The van der Waals surface area contributed by atoms with Crippen LogP contribution in [0.1, 0.15) is 23.9 Å². The van der Waals surface area contributed by atoms with Gasteiger partial charge in [-0.05, 0) is 27.2 Å². The lowest BCUT2D eigenvalue weighted by Crippen LogP contribution is -2.36. The zero-order chi connectivity index (χ0) is 12.1.